The highest BCUT2D eigenvalue weighted by molar-refractivity contribution is 7.14. The minimum absolute atomic E-state index is 0.0508. The number of carboxylic acids is 1. The number of nitrogens with zero attached hydrogens (tertiary/aromatic N) is 1. The van der Waals surface area contributed by atoms with Crippen LogP contribution < -0.4 is 4.90 Å². The lowest BCUT2D eigenvalue weighted by Gasteiger charge is -2.37. The van der Waals surface area contributed by atoms with Gasteiger partial charge in [0.1, 0.15) is 10.7 Å². The van der Waals surface area contributed by atoms with Crippen LogP contribution in [0.5, 0.6) is 0 Å². The van der Waals surface area contributed by atoms with Crippen molar-refractivity contribution in [1.29, 1.82) is 0 Å². The maximum atomic E-state index is 13.9. The number of carboxylic acid groups (broad SMARTS) is 1. The average Bonchev–Trinajstić information content (AvgIpc) is 3.21. The molecule has 1 unspecified atom stereocenters. The maximum absolute atomic E-state index is 13.9. The van der Waals surface area contributed by atoms with Crippen LogP contribution in [-0.4, -0.2) is 28.8 Å². The number of hydrogen-bond donors (Lipinski definition) is 1. The largest absolute Gasteiger partial charge is 0.477 e. The molecule has 1 atom stereocenters. The first-order chi connectivity index (χ1) is 15.3. The van der Waals surface area contributed by atoms with Crippen LogP contribution >= 0.6 is 11.3 Å². The Morgan fingerprint density at radius 2 is 1.75 bits per heavy atom. The lowest BCUT2D eigenvalue weighted by Crippen LogP contribution is -2.46. The number of rotatable bonds is 5. The zero-order valence-corrected chi connectivity index (χ0v) is 20.1. The van der Waals surface area contributed by atoms with Gasteiger partial charge in [0.25, 0.3) is 0 Å². The highest BCUT2D eigenvalue weighted by atomic mass is 32.1. The van der Waals surface area contributed by atoms with Gasteiger partial charge >= 0.3 is 5.97 Å². The van der Waals surface area contributed by atoms with Crippen molar-refractivity contribution < 1.29 is 19.5 Å². The lowest BCUT2D eigenvalue weighted by atomic mass is 9.81. The van der Waals surface area contributed by atoms with Gasteiger partial charge in [-0.3, -0.25) is 9.59 Å². The van der Waals surface area contributed by atoms with Crippen molar-refractivity contribution in [1.82, 2.24) is 0 Å². The van der Waals surface area contributed by atoms with Gasteiger partial charge in [-0.1, -0.05) is 18.6 Å². The topological polar surface area (TPSA) is 74.7 Å². The first-order valence-corrected chi connectivity index (χ1v) is 13.0. The van der Waals surface area contributed by atoms with E-state index in [0.717, 1.165) is 49.8 Å². The minimum atomic E-state index is -0.962. The molecule has 1 heterocycles. The van der Waals surface area contributed by atoms with Gasteiger partial charge in [0.2, 0.25) is 5.91 Å². The van der Waals surface area contributed by atoms with E-state index in [4.69, 9.17) is 0 Å². The Morgan fingerprint density at radius 1 is 1.06 bits per heavy atom. The molecule has 0 saturated heterocycles. The highest BCUT2D eigenvalue weighted by Crippen LogP contribution is 2.44. The van der Waals surface area contributed by atoms with Crippen molar-refractivity contribution in [2.45, 2.75) is 96.4 Å². The third-order valence-electron chi connectivity index (χ3n) is 7.72. The molecule has 3 aliphatic rings. The maximum Gasteiger partial charge on any atom is 0.348 e. The molecule has 1 N–H and O–H groups in total. The van der Waals surface area contributed by atoms with E-state index in [9.17, 15) is 19.5 Å². The van der Waals surface area contributed by atoms with Gasteiger partial charge in [-0.2, -0.15) is 0 Å². The van der Waals surface area contributed by atoms with Crippen molar-refractivity contribution >= 4 is 34.7 Å². The third-order valence-corrected chi connectivity index (χ3v) is 8.95. The Kier molecular flexibility index (Phi) is 7.18. The van der Waals surface area contributed by atoms with Crippen LogP contribution in [0, 0.1) is 11.8 Å². The predicted octanol–water partition coefficient (Wildman–Crippen LogP) is 6.33. The number of carbonyl (C=O) groups is 3. The first-order valence-electron chi connectivity index (χ1n) is 12.2. The Hall–Kier alpha value is -1.95. The molecule has 2 fully saturated rings. The number of aromatic carboxylic acids is 1. The summed E-state index contributed by atoms with van der Waals surface area (Å²) in [6.07, 6.45) is 11.5. The van der Waals surface area contributed by atoms with Crippen molar-refractivity contribution in [3.05, 3.63) is 27.5 Å². The monoisotopic (exact) mass is 457 g/mol. The number of hydrogen-bond acceptors (Lipinski definition) is 4. The van der Waals surface area contributed by atoms with Gasteiger partial charge < -0.3 is 10.0 Å². The van der Waals surface area contributed by atoms with Crippen LogP contribution in [0.4, 0.5) is 5.69 Å². The van der Waals surface area contributed by atoms with E-state index >= 15 is 0 Å². The molecule has 174 valence electrons. The third kappa shape index (κ3) is 4.85. The molecule has 0 bridgehead atoms. The molecule has 3 aliphatic carbocycles. The fraction of sp³-hybridized carbons (Fsp3) is 0.654. The summed E-state index contributed by atoms with van der Waals surface area (Å²) in [6, 6.07) is 1.89. The lowest BCUT2D eigenvalue weighted by molar-refractivity contribution is -0.125. The fourth-order valence-electron chi connectivity index (χ4n) is 5.67. The van der Waals surface area contributed by atoms with Crippen molar-refractivity contribution in [3.63, 3.8) is 0 Å². The minimum Gasteiger partial charge on any atom is -0.477 e. The van der Waals surface area contributed by atoms with Gasteiger partial charge in [0, 0.05) is 35.6 Å². The Morgan fingerprint density at radius 3 is 2.38 bits per heavy atom. The van der Waals surface area contributed by atoms with Crippen LogP contribution in [0.3, 0.4) is 0 Å². The highest BCUT2D eigenvalue weighted by Gasteiger charge is 2.37. The number of carbonyl (C=O) groups excluding carboxylic acids is 2. The zero-order chi connectivity index (χ0) is 22.8. The molecule has 0 aromatic carbocycles. The smallest absolute Gasteiger partial charge is 0.348 e. The van der Waals surface area contributed by atoms with Crippen LogP contribution in [0.2, 0.25) is 0 Å². The van der Waals surface area contributed by atoms with Gasteiger partial charge in [0.15, 0.2) is 0 Å². The van der Waals surface area contributed by atoms with E-state index in [2.05, 4.69) is 19.9 Å². The summed E-state index contributed by atoms with van der Waals surface area (Å²) >= 11 is 1.33. The SMILES string of the molecule is CC1=CCCCC1c1cc(N(C(=O)[C@H]2CC[C@H](C)CC2)C2CCC(=O)CC2)c(C(=O)O)s1. The number of anilines is 1. The summed E-state index contributed by atoms with van der Waals surface area (Å²) in [6.45, 7) is 4.36. The van der Waals surface area contributed by atoms with E-state index in [0.29, 0.717) is 37.3 Å². The molecule has 1 amide bonds. The molecule has 2 saturated carbocycles. The summed E-state index contributed by atoms with van der Waals surface area (Å²) in [5.74, 6) is 0.177. The number of amides is 1. The van der Waals surface area contributed by atoms with Gasteiger partial charge in [-0.25, -0.2) is 4.79 Å². The Labute approximate surface area is 194 Å². The summed E-state index contributed by atoms with van der Waals surface area (Å²) < 4.78 is 0. The zero-order valence-electron chi connectivity index (χ0n) is 19.3. The fourth-order valence-corrected chi connectivity index (χ4v) is 6.88. The molecule has 4 rings (SSSR count). The second kappa shape index (κ2) is 9.90. The number of ketones is 1. The predicted molar refractivity (Wildman–Crippen MR) is 127 cm³/mol. The molecule has 6 heteroatoms. The van der Waals surface area contributed by atoms with E-state index in [1.807, 2.05) is 11.0 Å². The van der Waals surface area contributed by atoms with Crippen LogP contribution in [0.15, 0.2) is 17.7 Å². The molecular weight excluding hydrogens is 422 g/mol. The van der Waals surface area contributed by atoms with E-state index in [1.165, 1.54) is 16.9 Å². The molecule has 0 spiro atoms. The van der Waals surface area contributed by atoms with E-state index in [1.54, 1.807) is 0 Å². The summed E-state index contributed by atoms with van der Waals surface area (Å²) in [4.78, 5) is 41.2. The number of Topliss-reactive ketones (excluding diaryl/α,β-unsaturated/α-hetero) is 1. The number of thiophene rings is 1. The second-order valence-corrected chi connectivity index (χ2v) is 11.1. The van der Waals surface area contributed by atoms with Crippen molar-refractivity contribution in [2.75, 3.05) is 4.90 Å². The van der Waals surface area contributed by atoms with Crippen LogP contribution in [0.25, 0.3) is 0 Å². The normalized spacial score (nSPS) is 27.1. The number of allylic oxidation sites excluding steroid dienone is 2. The molecule has 5 nitrogen and oxygen atoms in total. The average molecular weight is 458 g/mol. The van der Waals surface area contributed by atoms with Crippen molar-refractivity contribution in [2.24, 2.45) is 11.8 Å². The molecule has 0 aliphatic heterocycles. The standard InChI is InChI=1S/C26H35NO4S/c1-16-7-9-18(10-8-16)25(29)27(19-11-13-20(28)14-12-19)22-15-23(32-24(22)26(30)31)21-6-4-3-5-17(21)2/h5,15-16,18-19,21H,3-4,6-14H2,1-2H3,(H,30,31)/t16-,18-,21?. The quantitative estimate of drug-likeness (QED) is 0.524. The summed E-state index contributed by atoms with van der Waals surface area (Å²) in [5.41, 5.74) is 1.86. The summed E-state index contributed by atoms with van der Waals surface area (Å²) in [5, 5.41) is 10.1. The van der Waals surface area contributed by atoms with Gasteiger partial charge in [0.05, 0.1) is 5.69 Å². The Bertz CT molecular complexity index is 899. The van der Waals surface area contributed by atoms with Gasteiger partial charge in [-0.05, 0) is 76.7 Å². The molecule has 0 radical (unpaired) electrons. The first kappa shape index (κ1) is 23.2. The molecule has 1 aromatic rings. The summed E-state index contributed by atoms with van der Waals surface area (Å²) in [7, 11) is 0. The van der Waals surface area contributed by atoms with E-state index < -0.39 is 5.97 Å². The molecular formula is C26H35NO4S. The Balaban J connectivity index is 1.71. The second-order valence-electron chi connectivity index (χ2n) is 10.0. The van der Waals surface area contributed by atoms with Crippen molar-refractivity contribution in [3.8, 4) is 0 Å². The van der Waals surface area contributed by atoms with Crippen LogP contribution in [-0.2, 0) is 9.59 Å². The van der Waals surface area contributed by atoms with Crippen LogP contribution in [0.1, 0.15) is 105 Å². The van der Waals surface area contributed by atoms with E-state index in [-0.39, 0.29) is 34.4 Å². The van der Waals surface area contributed by atoms with Gasteiger partial charge in [-0.15, -0.1) is 11.3 Å². The molecule has 1 aromatic heterocycles. The molecule has 32 heavy (non-hydrogen) atoms.